The molecule has 0 bridgehead atoms. The Hall–Kier alpha value is -4.35. The second-order valence-corrected chi connectivity index (χ2v) is 8.14. The van der Waals surface area contributed by atoms with E-state index in [2.05, 4.69) is 20.6 Å². The van der Waals surface area contributed by atoms with Crippen LogP contribution in [-0.2, 0) is 6.18 Å². The Kier molecular flexibility index (Phi) is 5.23. The number of urea groups is 1. The average molecular weight is 486 g/mol. The van der Waals surface area contributed by atoms with Gasteiger partial charge in [-0.3, -0.25) is 0 Å². The summed E-state index contributed by atoms with van der Waals surface area (Å²) in [4.78, 5) is 20.6. The van der Waals surface area contributed by atoms with Crippen LogP contribution in [0.5, 0.6) is 5.75 Å². The maximum absolute atomic E-state index is 14.9. The van der Waals surface area contributed by atoms with Crippen LogP contribution in [0.1, 0.15) is 24.4 Å². The van der Waals surface area contributed by atoms with Gasteiger partial charge in [-0.25, -0.2) is 19.2 Å². The lowest BCUT2D eigenvalue weighted by Gasteiger charge is -2.13. The van der Waals surface area contributed by atoms with Gasteiger partial charge in [-0.2, -0.15) is 13.2 Å². The van der Waals surface area contributed by atoms with Gasteiger partial charge in [-0.15, -0.1) is 0 Å². The van der Waals surface area contributed by atoms with Crippen molar-refractivity contribution in [1.82, 2.24) is 14.5 Å². The highest BCUT2D eigenvalue weighted by Crippen LogP contribution is 2.42. The van der Waals surface area contributed by atoms with Crippen molar-refractivity contribution in [1.29, 1.82) is 0 Å². The number of nitrogens with zero attached hydrogens (tertiary/aromatic N) is 3. The number of aromatic hydroxyl groups is 1. The van der Waals surface area contributed by atoms with Crippen molar-refractivity contribution in [2.45, 2.75) is 25.1 Å². The highest BCUT2D eigenvalue weighted by atomic mass is 19.4. The van der Waals surface area contributed by atoms with Gasteiger partial charge in [0.2, 0.25) is 0 Å². The van der Waals surface area contributed by atoms with Crippen LogP contribution in [0.2, 0.25) is 0 Å². The van der Waals surface area contributed by atoms with Crippen molar-refractivity contribution < 1.29 is 27.5 Å². The zero-order valence-electron chi connectivity index (χ0n) is 17.9. The first kappa shape index (κ1) is 22.4. The number of aromatic nitrogens is 3. The zero-order chi connectivity index (χ0) is 24.9. The summed E-state index contributed by atoms with van der Waals surface area (Å²) in [6.07, 6.45) is 0.427. The number of alkyl halides is 3. The average Bonchev–Trinajstić information content (AvgIpc) is 3.56. The fraction of sp³-hybridized carbons (Fsp3) is 0.174. The Bertz CT molecular complexity index is 1460. The molecule has 4 aromatic rings. The number of phenols is 1. The Morgan fingerprint density at radius 2 is 1.89 bits per heavy atom. The van der Waals surface area contributed by atoms with Gasteiger partial charge < -0.3 is 26.0 Å². The first-order valence-electron chi connectivity index (χ1n) is 10.5. The minimum absolute atomic E-state index is 0.184. The van der Waals surface area contributed by atoms with Crippen molar-refractivity contribution in [3.05, 3.63) is 60.3 Å². The van der Waals surface area contributed by atoms with Gasteiger partial charge in [-0.05, 0) is 48.7 Å². The minimum Gasteiger partial charge on any atom is -0.507 e. The Morgan fingerprint density at radius 3 is 2.57 bits per heavy atom. The number of benzene rings is 2. The molecule has 1 fully saturated rings. The van der Waals surface area contributed by atoms with Crippen LogP contribution >= 0.6 is 0 Å². The molecule has 0 atom stereocenters. The molecular formula is C23H18F4N6O2. The number of hydrogen-bond donors (Lipinski definition) is 4. The molecule has 0 aliphatic heterocycles. The third-order valence-electron chi connectivity index (χ3n) is 5.67. The predicted molar refractivity (Wildman–Crippen MR) is 121 cm³/mol. The molecule has 180 valence electrons. The van der Waals surface area contributed by atoms with E-state index in [0.29, 0.717) is 34.3 Å². The summed E-state index contributed by atoms with van der Waals surface area (Å²) in [6, 6.07) is 5.95. The van der Waals surface area contributed by atoms with Crippen molar-refractivity contribution in [2.24, 2.45) is 0 Å². The molecule has 35 heavy (non-hydrogen) atoms. The van der Waals surface area contributed by atoms with Gasteiger partial charge in [-0.1, -0.05) is 6.07 Å². The van der Waals surface area contributed by atoms with E-state index in [1.54, 1.807) is 6.07 Å². The maximum Gasteiger partial charge on any atom is 0.420 e. The predicted octanol–water partition coefficient (Wildman–Crippen LogP) is 5.52. The van der Waals surface area contributed by atoms with Crippen molar-refractivity contribution >= 4 is 34.3 Å². The Labute approximate surface area is 195 Å². The van der Waals surface area contributed by atoms with Crippen LogP contribution in [-0.4, -0.2) is 25.7 Å². The number of carbonyl (C=O) groups excluding carboxylic acids is 1. The number of hydrogen-bond acceptors (Lipinski definition) is 5. The summed E-state index contributed by atoms with van der Waals surface area (Å²) in [6.45, 7) is 0. The summed E-state index contributed by atoms with van der Waals surface area (Å²) in [7, 11) is 0. The van der Waals surface area contributed by atoms with Crippen molar-refractivity contribution in [3.63, 3.8) is 0 Å². The van der Waals surface area contributed by atoms with Gasteiger partial charge in [0.15, 0.2) is 0 Å². The summed E-state index contributed by atoms with van der Waals surface area (Å²) >= 11 is 0. The number of rotatable bonds is 4. The number of nitrogen functional groups attached to an aromatic ring is 1. The fourth-order valence-corrected chi connectivity index (χ4v) is 3.87. The number of fused-ring (bicyclic) bond motifs is 1. The first-order valence-corrected chi connectivity index (χ1v) is 10.5. The summed E-state index contributed by atoms with van der Waals surface area (Å²) in [5, 5.41) is 14.5. The van der Waals surface area contributed by atoms with Crippen molar-refractivity contribution in [3.8, 4) is 16.9 Å². The molecule has 0 saturated heterocycles. The van der Waals surface area contributed by atoms with Crippen LogP contribution in [0.25, 0.3) is 22.2 Å². The first-order chi connectivity index (χ1) is 16.6. The number of nitrogens with one attached hydrogen (secondary N) is 2. The smallest absolute Gasteiger partial charge is 0.420 e. The molecule has 12 heteroatoms. The molecule has 0 unspecified atom stereocenters. The van der Waals surface area contributed by atoms with E-state index >= 15 is 0 Å². The largest absolute Gasteiger partial charge is 0.507 e. The van der Waals surface area contributed by atoms with Gasteiger partial charge in [0.1, 0.15) is 29.4 Å². The molecule has 5 N–H and O–H groups in total. The Morgan fingerprint density at radius 1 is 1.11 bits per heavy atom. The second kappa shape index (κ2) is 8.15. The highest BCUT2D eigenvalue weighted by molar-refractivity contribution is 6.02. The van der Waals surface area contributed by atoms with Crippen LogP contribution < -0.4 is 16.4 Å². The lowest BCUT2D eigenvalue weighted by atomic mass is 10.1. The van der Waals surface area contributed by atoms with Crippen LogP contribution in [0.3, 0.4) is 0 Å². The van der Waals surface area contributed by atoms with Gasteiger partial charge in [0.25, 0.3) is 0 Å². The molecule has 1 aliphatic carbocycles. The molecule has 2 aromatic heterocycles. The van der Waals surface area contributed by atoms with Gasteiger partial charge >= 0.3 is 12.2 Å². The number of amides is 2. The minimum atomic E-state index is -4.81. The standard InChI is InChI=1S/C23H18F4N6O2/c24-16-7-11(14-9-33(13-3-4-13)21-19(14)20(28)29-10-30-21)1-5-17(16)32-22(35)31-12-2-6-18(34)15(8-12)23(25,26)27/h1-2,5-10,13,34H,3-4H2,(H2,28,29,30)(H2,31,32,35). The number of nitrogens with two attached hydrogens (primary N) is 1. The fourth-order valence-electron chi connectivity index (χ4n) is 3.87. The number of anilines is 3. The number of phenolic OH excluding ortho intramolecular Hbond substituents is 1. The molecule has 2 heterocycles. The lowest BCUT2D eigenvalue weighted by molar-refractivity contribution is -0.138. The van der Waals surface area contributed by atoms with Gasteiger partial charge in [0.05, 0.1) is 16.6 Å². The Balaban J connectivity index is 1.39. The molecule has 1 saturated carbocycles. The van der Waals surface area contributed by atoms with Crippen LogP contribution in [0.15, 0.2) is 48.9 Å². The van der Waals surface area contributed by atoms with Crippen LogP contribution in [0.4, 0.5) is 39.5 Å². The normalized spacial score (nSPS) is 13.7. The topological polar surface area (TPSA) is 118 Å². The SMILES string of the molecule is Nc1ncnc2c1c(-c1ccc(NC(=O)Nc3ccc(O)c(C(F)(F)F)c3)c(F)c1)cn2C1CC1. The summed E-state index contributed by atoms with van der Waals surface area (Å²) in [5.41, 5.74) is 6.15. The van der Waals surface area contributed by atoms with E-state index in [1.165, 1.54) is 18.5 Å². The van der Waals surface area contributed by atoms with Crippen molar-refractivity contribution in [2.75, 3.05) is 16.4 Å². The van der Waals surface area contributed by atoms with E-state index in [0.717, 1.165) is 25.0 Å². The molecule has 1 aliphatic rings. The monoisotopic (exact) mass is 486 g/mol. The molecule has 5 rings (SSSR count). The third kappa shape index (κ3) is 4.29. The number of halogens is 4. The molecular weight excluding hydrogens is 468 g/mol. The van der Waals surface area contributed by atoms with E-state index in [1.807, 2.05) is 10.8 Å². The molecule has 2 amide bonds. The van der Waals surface area contributed by atoms with E-state index in [4.69, 9.17) is 5.73 Å². The van der Waals surface area contributed by atoms with E-state index < -0.39 is 29.3 Å². The lowest BCUT2D eigenvalue weighted by Crippen LogP contribution is -2.20. The summed E-state index contributed by atoms with van der Waals surface area (Å²) < 4.78 is 55.8. The molecule has 0 radical (unpaired) electrons. The second-order valence-electron chi connectivity index (χ2n) is 8.14. The summed E-state index contributed by atoms with van der Waals surface area (Å²) in [5.74, 6) is -1.47. The van der Waals surface area contributed by atoms with Crippen LogP contribution in [0, 0.1) is 5.82 Å². The molecule has 0 spiro atoms. The van der Waals surface area contributed by atoms with E-state index in [9.17, 15) is 27.5 Å². The quantitative estimate of drug-likeness (QED) is 0.224. The zero-order valence-corrected chi connectivity index (χ0v) is 17.9. The molecule has 8 nitrogen and oxygen atoms in total. The highest BCUT2D eigenvalue weighted by Gasteiger charge is 2.34. The molecule has 2 aromatic carbocycles. The van der Waals surface area contributed by atoms with E-state index in [-0.39, 0.29) is 17.2 Å². The number of carbonyl (C=O) groups is 1. The van der Waals surface area contributed by atoms with Gasteiger partial charge in [0, 0.05) is 23.5 Å². The third-order valence-corrected chi connectivity index (χ3v) is 5.67. The maximum atomic E-state index is 14.9.